The summed E-state index contributed by atoms with van der Waals surface area (Å²) in [6.45, 7) is 4.72. The van der Waals surface area contributed by atoms with Gasteiger partial charge in [0.25, 0.3) is 5.91 Å². The molecule has 1 N–H and O–H groups in total. The number of carbonyl (C=O) groups excluding carboxylic acids is 3. The number of hydrogen-bond donors (Lipinski definition) is 1. The molecule has 2 rings (SSSR count). The normalized spacial score (nSPS) is 10.4. The van der Waals surface area contributed by atoms with Gasteiger partial charge in [0.05, 0.1) is 17.9 Å². The highest BCUT2D eigenvalue weighted by molar-refractivity contribution is 6.03. The zero-order valence-corrected chi connectivity index (χ0v) is 14.2. The number of carbonyl (C=O) groups is 3. The number of rotatable bonds is 6. The van der Waals surface area contributed by atoms with Gasteiger partial charge in [0, 0.05) is 5.69 Å². The molecule has 1 amide bonds. The summed E-state index contributed by atoms with van der Waals surface area (Å²) in [4.78, 5) is 35.5. The number of aryl methyl sites for hydroxylation is 1. The molecule has 7 nitrogen and oxygen atoms in total. The van der Waals surface area contributed by atoms with Gasteiger partial charge in [-0.05, 0) is 50.6 Å². The van der Waals surface area contributed by atoms with E-state index in [9.17, 15) is 14.4 Å². The van der Waals surface area contributed by atoms with Crippen molar-refractivity contribution in [2.24, 2.45) is 0 Å². The molecule has 0 atom stereocenters. The third-order valence-electron chi connectivity index (χ3n) is 3.15. The summed E-state index contributed by atoms with van der Waals surface area (Å²) in [6.07, 6.45) is 1.11. The van der Waals surface area contributed by atoms with Crippen molar-refractivity contribution in [3.8, 4) is 0 Å². The number of hydrogen-bond acceptors (Lipinski definition) is 6. The van der Waals surface area contributed by atoms with Gasteiger partial charge in [-0.2, -0.15) is 0 Å². The zero-order chi connectivity index (χ0) is 18.4. The topological polar surface area (TPSA) is 94.8 Å². The Labute approximate surface area is 144 Å². The summed E-state index contributed by atoms with van der Waals surface area (Å²) < 4.78 is 14.8. The Morgan fingerprint density at radius 2 is 1.96 bits per heavy atom. The maximum Gasteiger partial charge on any atom is 0.344 e. The van der Waals surface area contributed by atoms with Crippen LogP contribution in [0.3, 0.4) is 0 Å². The fourth-order valence-corrected chi connectivity index (χ4v) is 1.98. The Kier molecular flexibility index (Phi) is 5.94. The van der Waals surface area contributed by atoms with Gasteiger partial charge in [0.1, 0.15) is 0 Å². The highest BCUT2D eigenvalue weighted by Gasteiger charge is 2.15. The number of esters is 2. The molecule has 0 spiro atoms. The largest absolute Gasteiger partial charge is 0.460 e. The second kappa shape index (κ2) is 8.14. The van der Waals surface area contributed by atoms with Crippen LogP contribution in [0, 0.1) is 6.92 Å². The zero-order valence-electron chi connectivity index (χ0n) is 14.2. The van der Waals surface area contributed by atoms with Crippen LogP contribution in [0.1, 0.15) is 40.3 Å². The molecule has 0 aliphatic carbocycles. The number of anilines is 1. The maximum absolute atomic E-state index is 12.1. The summed E-state index contributed by atoms with van der Waals surface area (Å²) in [7, 11) is 0. The first-order valence-electron chi connectivity index (χ1n) is 7.69. The Morgan fingerprint density at radius 3 is 2.60 bits per heavy atom. The molecule has 1 aromatic carbocycles. The summed E-state index contributed by atoms with van der Waals surface area (Å²) in [5.74, 6) is -1.58. The van der Waals surface area contributed by atoms with Gasteiger partial charge in [0.2, 0.25) is 0 Å². The lowest BCUT2D eigenvalue weighted by atomic mass is 10.1. The van der Waals surface area contributed by atoms with Gasteiger partial charge in [0.15, 0.2) is 12.4 Å². The molecule has 1 heterocycles. The van der Waals surface area contributed by atoms with Crippen molar-refractivity contribution < 1.29 is 28.3 Å². The number of amides is 1. The minimum Gasteiger partial charge on any atom is -0.460 e. The Morgan fingerprint density at radius 1 is 1.20 bits per heavy atom. The van der Waals surface area contributed by atoms with E-state index >= 15 is 0 Å². The van der Waals surface area contributed by atoms with E-state index in [1.807, 2.05) is 0 Å². The number of nitrogens with one attached hydrogen (secondary N) is 1. The molecule has 0 aliphatic rings. The highest BCUT2D eigenvalue weighted by atomic mass is 16.6. The third kappa shape index (κ3) is 5.20. The molecule has 25 heavy (non-hydrogen) atoms. The minimum atomic E-state index is -0.686. The molecule has 0 fully saturated rings. The van der Waals surface area contributed by atoms with Crippen molar-refractivity contribution in [1.82, 2.24) is 0 Å². The molecular weight excluding hydrogens is 326 g/mol. The molecule has 2 aromatic rings. The van der Waals surface area contributed by atoms with Crippen LogP contribution in [0.4, 0.5) is 5.69 Å². The molecule has 1 aromatic heterocycles. The first-order valence-corrected chi connectivity index (χ1v) is 7.69. The molecule has 0 bridgehead atoms. The summed E-state index contributed by atoms with van der Waals surface area (Å²) in [5, 5.41) is 2.67. The lowest BCUT2D eigenvalue weighted by Crippen LogP contribution is -2.20. The molecule has 0 saturated carbocycles. The van der Waals surface area contributed by atoms with Crippen LogP contribution in [-0.4, -0.2) is 30.6 Å². The fraction of sp³-hybridized carbons (Fsp3) is 0.278. The van der Waals surface area contributed by atoms with Crippen molar-refractivity contribution in [1.29, 1.82) is 0 Å². The Hall–Kier alpha value is -3.09. The van der Waals surface area contributed by atoms with Gasteiger partial charge in [-0.3, -0.25) is 4.79 Å². The predicted octanol–water partition coefficient (Wildman–Crippen LogP) is 2.95. The Bertz CT molecular complexity index is 764. The van der Waals surface area contributed by atoms with Crippen LogP contribution in [0.2, 0.25) is 0 Å². The molecular formula is C18H19NO6. The van der Waals surface area contributed by atoms with E-state index in [-0.39, 0.29) is 17.4 Å². The van der Waals surface area contributed by atoms with Crippen LogP contribution in [0.15, 0.2) is 41.0 Å². The molecule has 7 heteroatoms. The second-order valence-electron chi connectivity index (χ2n) is 5.58. The van der Waals surface area contributed by atoms with Crippen molar-refractivity contribution >= 4 is 23.5 Å². The van der Waals surface area contributed by atoms with E-state index in [2.05, 4.69) is 5.32 Å². The van der Waals surface area contributed by atoms with Crippen LogP contribution >= 0.6 is 0 Å². The smallest absolute Gasteiger partial charge is 0.344 e. The van der Waals surface area contributed by atoms with Crippen LogP contribution in [0.5, 0.6) is 0 Å². The van der Waals surface area contributed by atoms with E-state index in [4.69, 9.17) is 13.9 Å². The molecule has 0 saturated heterocycles. The van der Waals surface area contributed by atoms with Gasteiger partial charge in [-0.15, -0.1) is 0 Å². The Balaban J connectivity index is 2.03. The summed E-state index contributed by atoms with van der Waals surface area (Å²) >= 11 is 0. The predicted molar refractivity (Wildman–Crippen MR) is 89.4 cm³/mol. The third-order valence-corrected chi connectivity index (χ3v) is 3.15. The standard InChI is InChI=1S/C18H19NO6/c1-11(2)25-16(20)10-24-18(22)13-7-6-12(3)14(9-13)19-17(21)15-5-4-8-23-15/h4-9,11H,10H2,1-3H3,(H,19,21). The van der Waals surface area contributed by atoms with Crippen molar-refractivity contribution in [2.75, 3.05) is 11.9 Å². The molecule has 0 unspecified atom stereocenters. The second-order valence-corrected chi connectivity index (χ2v) is 5.58. The summed E-state index contributed by atoms with van der Waals surface area (Å²) in [6, 6.07) is 7.83. The highest BCUT2D eigenvalue weighted by Crippen LogP contribution is 2.19. The monoisotopic (exact) mass is 345 g/mol. The molecule has 132 valence electrons. The van der Waals surface area contributed by atoms with E-state index < -0.39 is 24.5 Å². The fourth-order valence-electron chi connectivity index (χ4n) is 1.98. The SMILES string of the molecule is Cc1ccc(C(=O)OCC(=O)OC(C)C)cc1NC(=O)c1ccco1. The maximum atomic E-state index is 12.1. The summed E-state index contributed by atoms with van der Waals surface area (Å²) in [5.41, 5.74) is 1.41. The van der Waals surface area contributed by atoms with Crippen molar-refractivity contribution in [2.45, 2.75) is 26.9 Å². The lowest BCUT2D eigenvalue weighted by molar-refractivity contribution is -0.150. The van der Waals surface area contributed by atoms with Crippen LogP contribution in [0.25, 0.3) is 0 Å². The number of ether oxygens (including phenoxy) is 2. The number of furan rings is 1. The van der Waals surface area contributed by atoms with Gasteiger partial charge in [-0.1, -0.05) is 6.07 Å². The van der Waals surface area contributed by atoms with Crippen LogP contribution < -0.4 is 5.32 Å². The lowest BCUT2D eigenvalue weighted by Gasteiger charge is -2.11. The van der Waals surface area contributed by atoms with Crippen molar-refractivity contribution in [3.05, 3.63) is 53.5 Å². The van der Waals surface area contributed by atoms with Gasteiger partial charge in [-0.25, -0.2) is 9.59 Å². The van der Waals surface area contributed by atoms with Gasteiger partial charge < -0.3 is 19.2 Å². The average Bonchev–Trinajstić information content (AvgIpc) is 3.08. The molecule has 0 radical (unpaired) electrons. The van der Waals surface area contributed by atoms with E-state index in [1.165, 1.54) is 18.4 Å². The van der Waals surface area contributed by atoms with Gasteiger partial charge >= 0.3 is 11.9 Å². The first kappa shape index (κ1) is 18.3. The first-order chi connectivity index (χ1) is 11.9. The van der Waals surface area contributed by atoms with E-state index in [0.29, 0.717) is 5.69 Å². The quantitative estimate of drug-likeness (QED) is 0.809. The van der Waals surface area contributed by atoms with Crippen molar-refractivity contribution in [3.63, 3.8) is 0 Å². The van der Waals surface area contributed by atoms with E-state index in [1.54, 1.807) is 39.0 Å². The average molecular weight is 345 g/mol. The minimum absolute atomic E-state index is 0.156. The van der Waals surface area contributed by atoms with Crippen LogP contribution in [-0.2, 0) is 14.3 Å². The number of benzene rings is 1. The van der Waals surface area contributed by atoms with E-state index in [0.717, 1.165) is 5.56 Å². The molecule has 0 aliphatic heterocycles.